The lowest BCUT2D eigenvalue weighted by Gasteiger charge is -2.29. The topological polar surface area (TPSA) is 46.6 Å². The molecule has 0 aromatic heterocycles. The Morgan fingerprint density at radius 3 is 2.59 bits per heavy atom. The molecule has 1 aliphatic heterocycles. The number of benzene rings is 1. The second-order valence-corrected chi connectivity index (χ2v) is 6.26. The molecule has 0 spiro atoms. The number of hydrogen-bond donors (Lipinski definition) is 0. The fourth-order valence-corrected chi connectivity index (χ4v) is 2.25. The molecule has 2 rings (SSSR count). The largest absolute Gasteiger partial charge is 0.444 e. The maximum Gasteiger partial charge on any atom is 0.410 e. The minimum atomic E-state index is -0.525. The molecule has 1 aromatic rings. The minimum Gasteiger partial charge on any atom is -0.444 e. The summed E-state index contributed by atoms with van der Waals surface area (Å²) in [5, 5.41) is 0. The number of rotatable bonds is 2. The summed E-state index contributed by atoms with van der Waals surface area (Å²) in [7, 11) is 0. The van der Waals surface area contributed by atoms with E-state index in [0.29, 0.717) is 25.8 Å². The molecular weight excluding hydrogens is 285 g/mol. The van der Waals surface area contributed by atoms with Crippen LogP contribution in [0.2, 0.25) is 0 Å². The van der Waals surface area contributed by atoms with Gasteiger partial charge < -0.3 is 9.64 Å². The number of aldehydes is 1. The quantitative estimate of drug-likeness (QED) is 0.783. The highest BCUT2D eigenvalue weighted by molar-refractivity contribution is 5.78. The molecule has 22 heavy (non-hydrogen) atoms. The molecule has 1 heterocycles. The molecule has 5 heteroatoms. The zero-order valence-corrected chi connectivity index (χ0v) is 13.1. The molecule has 4 nitrogen and oxygen atoms in total. The molecule has 0 radical (unpaired) electrons. The molecule has 0 bridgehead atoms. The van der Waals surface area contributed by atoms with Gasteiger partial charge in [-0.05, 0) is 50.5 Å². The van der Waals surface area contributed by atoms with Crippen molar-refractivity contribution in [2.24, 2.45) is 0 Å². The molecule has 1 amide bonds. The van der Waals surface area contributed by atoms with E-state index in [9.17, 15) is 14.0 Å². The van der Waals surface area contributed by atoms with Gasteiger partial charge in [0.2, 0.25) is 0 Å². The molecule has 0 saturated carbocycles. The summed E-state index contributed by atoms with van der Waals surface area (Å²) in [4.78, 5) is 24.2. The Bertz CT molecular complexity index is 617. The Kier molecular flexibility index (Phi) is 4.64. The summed E-state index contributed by atoms with van der Waals surface area (Å²) in [6.07, 6.45) is 2.67. The fraction of sp³-hybridized carbons (Fsp3) is 0.412. The normalized spacial score (nSPS) is 15.3. The van der Waals surface area contributed by atoms with Crippen molar-refractivity contribution in [1.29, 1.82) is 0 Å². The van der Waals surface area contributed by atoms with Crippen molar-refractivity contribution in [2.75, 3.05) is 13.1 Å². The van der Waals surface area contributed by atoms with Gasteiger partial charge in [0.05, 0.1) is 5.56 Å². The van der Waals surface area contributed by atoms with Crippen LogP contribution in [0.5, 0.6) is 0 Å². The standard InChI is InChI=1S/C17H20FNO3/c1-17(2,3)22-16(21)19-8-6-12(7-9-19)13-4-5-14(11-20)15(18)10-13/h4-6,10-11H,7-9H2,1-3H3. The Hall–Kier alpha value is -2.17. The van der Waals surface area contributed by atoms with Gasteiger partial charge in [-0.3, -0.25) is 4.79 Å². The van der Waals surface area contributed by atoms with Crippen molar-refractivity contribution >= 4 is 18.0 Å². The summed E-state index contributed by atoms with van der Waals surface area (Å²) >= 11 is 0. The van der Waals surface area contributed by atoms with E-state index in [2.05, 4.69) is 0 Å². The highest BCUT2D eigenvalue weighted by atomic mass is 19.1. The molecule has 1 aromatic carbocycles. The first kappa shape index (κ1) is 16.2. The molecule has 0 N–H and O–H groups in total. The van der Waals surface area contributed by atoms with Crippen molar-refractivity contribution in [3.63, 3.8) is 0 Å². The zero-order chi connectivity index (χ0) is 16.3. The Labute approximate surface area is 129 Å². The second kappa shape index (κ2) is 6.30. The van der Waals surface area contributed by atoms with E-state index in [1.165, 1.54) is 12.1 Å². The van der Waals surface area contributed by atoms with E-state index in [1.807, 2.05) is 26.8 Å². The molecule has 1 aliphatic rings. The van der Waals surface area contributed by atoms with Crippen LogP contribution in [-0.2, 0) is 4.74 Å². The lowest BCUT2D eigenvalue weighted by atomic mass is 9.98. The van der Waals surface area contributed by atoms with E-state index < -0.39 is 11.4 Å². The Balaban J connectivity index is 2.07. The van der Waals surface area contributed by atoms with Crippen molar-refractivity contribution in [1.82, 2.24) is 4.90 Å². The predicted octanol–water partition coefficient (Wildman–Crippen LogP) is 3.66. The van der Waals surface area contributed by atoms with Crippen LogP contribution in [0.25, 0.3) is 5.57 Å². The van der Waals surface area contributed by atoms with Crippen LogP contribution >= 0.6 is 0 Å². The Morgan fingerprint density at radius 1 is 1.36 bits per heavy atom. The van der Waals surface area contributed by atoms with Crippen LogP contribution in [-0.4, -0.2) is 36.0 Å². The van der Waals surface area contributed by atoms with Crippen molar-refractivity contribution in [3.05, 3.63) is 41.2 Å². The molecule has 0 saturated heterocycles. The molecule has 0 fully saturated rings. The van der Waals surface area contributed by atoms with Gasteiger partial charge in [0, 0.05) is 13.1 Å². The third kappa shape index (κ3) is 3.93. The van der Waals surface area contributed by atoms with Gasteiger partial charge in [0.15, 0.2) is 6.29 Å². The van der Waals surface area contributed by atoms with Gasteiger partial charge in [-0.1, -0.05) is 12.1 Å². The number of carbonyl (C=O) groups is 2. The number of ether oxygens (including phenoxy) is 1. The Morgan fingerprint density at radius 2 is 2.09 bits per heavy atom. The highest BCUT2D eigenvalue weighted by Gasteiger charge is 2.24. The van der Waals surface area contributed by atoms with Crippen LogP contribution in [0.1, 0.15) is 43.1 Å². The maximum absolute atomic E-state index is 13.7. The summed E-state index contributed by atoms with van der Waals surface area (Å²) in [5.74, 6) is -0.525. The third-order valence-corrected chi connectivity index (χ3v) is 3.36. The van der Waals surface area contributed by atoms with E-state index in [0.717, 1.165) is 11.1 Å². The molecular formula is C17H20FNO3. The summed E-state index contributed by atoms with van der Waals surface area (Å²) in [6.45, 7) is 6.44. The first-order valence-electron chi connectivity index (χ1n) is 7.22. The van der Waals surface area contributed by atoms with Crippen molar-refractivity contribution < 1.29 is 18.7 Å². The van der Waals surface area contributed by atoms with Gasteiger partial charge in [0.1, 0.15) is 11.4 Å². The molecule has 118 valence electrons. The molecule has 0 unspecified atom stereocenters. The number of halogens is 1. The minimum absolute atomic E-state index is 0.0514. The van der Waals surface area contributed by atoms with E-state index in [1.54, 1.807) is 11.0 Å². The van der Waals surface area contributed by atoms with E-state index >= 15 is 0 Å². The zero-order valence-electron chi connectivity index (χ0n) is 13.1. The second-order valence-electron chi connectivity index (χ2n) is 6.26. The van der Waals surface area contributed by atoms with Gasteiger partial charge in [-0.15, -0.1) is 0 Å². The van der Waals surface area contributed by atoms with Gasteiger partial charge in [0.25, 0.3) is 0 Å². The summed E-state index contributed by atoms with van der Waals surface area (Å²) in [5.41, 5.74) is 1.24. The van der Waals surface area contributed by atoms with Crippen LogP contribution in [0.3, 0.4) is 0 Å². The van der Waals surface area contributed by atoms with Crippen molar-refractivity contribution in [3.8, 4) is 0 Å². The SMILES string of the molecule is CC(C)(C)OC(=O)N1CC=C(c2ccc(C=O)c(F)c2)CC1. The first-order valence-corrected chi connectivity index (χ1v) is 7.22. The smallest absolute Gasteiger partial charge is 0.410 e. The number of carbonyl (C=O) groups excluding carboxylic acids is 2. The number of hydrogen-bond acceptors (Lipinski definition) is 3. The van der Waals surface area contributed by atoms with Crippen LogP contribution < -0.4 is 0 Å². The molecule has 0 atom stereocenters. The number of nitrogens with zero attached hydrogens (tertiary/aromatic N) is 1. The van der Waals surface area contributed by atoms with Crippen LogP contribution in [0.4, 0.5) is 9.18 Å². The third-order valence-electron chi connectivity index (χ3n) is 3.36. The predicted molar refractivity (Wildman–Crippen MR) is 82.2 cm³/mol. The molecule has 0 aliphatic carbocycles. The van der Waals surface area contributed by atoms with Crippen molar-refractivity contribution in [2.45, 2.75) is 32.8 Å². The van der Waals surface area contributed by atoms with Gasteiger partial charge >= 0.3 is 6.09 Å². The van der Waals surface area contributed by atoms with Gasteiger partial charge in [-0.2, -0.15) is 0 Å². The van der Waals surface area contributed by atoms with Crippen LogP contribution in [0.15, 0.2) is 24.3 Å². The maximum atomic E-state index is 13.7. The lowest BCUT2D eigenvalue weighted by Crippen LogP contribution is -2.39. The fourth-order valence-electron chi connectivity index (χ4n) is 2.25. The lowest BCUT2D eigenvalue weighted by molar-refractivity contribution is 0.0270. The average molecular weight is 305 g/mol. The average Bonchev–Trinajstić information content (AvgIpc) is 2.45. The summed E-state index contributed by atoms with van der Waals surface area (Å²) < 4.78 is 19.0. The monoisotopic (exact) mass is 305 g/mol. The van der Waals surface area contributed by atoms with Crippen LogP contribution in [0, 0.1) is 5.82 Å². The number of amides is 1. The van der Waals surface area contributed by atoms with E-state index in [4.69, 9.17) is 4.74 Å². The first-order chi connectivity index (χ1) is 10.3. The van der Waals surface area contributed by atoms with Gasteiger partial charge in [-0.25, -0.2) is 9.18 Å². The highest BCUT2D eigenvalue weighted by Crippen LogP contribution is 2.24. The van der Waals surface area contributed by atoms with E-state index in [-0.39, 0.29) is 11.7 Å². The summed E-state index contributed by atoms with van der Waals surface area (Å²) in [6, 6.07) is 4.55.